The number of carbonyl (C=O) groups is 1. The first-order valence-electron chi connectivity index (χ1n) is 10.2. The summed E-state index contributed by atoms with van der Waals surface area (Å²) in [5, 5.41) is 5.18. The molecule has 11 heteroatoms. The summed E-state index contributed by atoms with van der Waals surface area (Å²) < 4.78 is 57.6. The number of hydrogen-bond donors (Lipinski definition) is 2. The minimum Gasteiger partial charge on any atom is -0.382 e. The quantitative estimate of drug-likeness (QED) is 0.429. The van der Waals surface area contributed by atoms with Crippen molar-refractivity contribution in [1.82, 2.24) is 0 Å². The van der Waals surface area contributed by atoms with Crippen LogP contribution < -0.4 is 19.0 Å². The van der Waals surface area contributed by atoms with Gasteiger partial charge in [0.2, 0.25) is 0 Å². The molecule has 2 N–H and O–H groups in total. The Morgan fingerprint density at radius 3 is 1.84 bits per heavy atom. The van der Waals surface area contributed by atoms with E-state index in [1.807, 2.05) is 13.8 Å². The predicted molar refractivity (Wildman–Crippen MR) is 124 cm³/mol. The van der Waals surface area contributed by atoms with Gasteiger partial charge >= 0.3 is 26.3 Å². The molecule has 0 spiro atoms. The highest BCUT2D eigenvalue weighted by Crippen LogP contribution is 2.21. The number of carbonyl (C=O) groups excluding carboxylic acids is 1. The molecule has 0 fully saturated rings. The Labute approximate surface area is 189 Å². The van der Waals surface area contributed by atoms with Gasteiger partial charge in [-0.25, -0.2) is 4.79 Å². The zero-order chi connectivity index (χ0) is 23.6. The Morgan fingerprint density at radius 2 is 1.28 bits per heavy atom. The van der Waals surface area contributed by atoms with Crippen LogP contribution in [0.25, 0.3) is 0 Å². The number of hydrogen-bond acceptors (Lipinski definition) is 7. The molecule has 32 heavy (non-hydrogen) atoms. The number of unbranched alkanes of at least 4 members (excludes halogenated alkanes) is 2. The summed E-state index contributed by atoms with van der Waals surface area (Å²) in [6.07, 6.45) is 2.48. The standard InChI is InChI=1S/C21H28N2O7S2/c1-3-5-14-31(25,26)29-19-12-10-17(11-13-19)22-21(24)23-18-8-7-9-20(16-18)30-32(27,28)15-6-4-2/h7-13,16H,3-6,14-15H2,1-2H3,(H2,22,23,24). The molecule has 0 radical (unpaired) electrons. The molecular weight excluding hydrogens is 456 g/mol. The molecule has 0 heterocycles. The van der Waals surface area contributed by atoms with Crippen LogP contribution in [0.4, 0.5) is 16.2 Å². The highest BCUT2D eigenvalue weighted by molar-refractivity contribution is 7.87. The Hall–Kier alpha value is -2.79. The summed E-state index contributed by atoms with van der Waals surface area (Å²) in [7, 11) is -7.35. The minimum atomic E-state index is -3.70. The lowest BCUT2D eigenvalue weighted by atomic mass is 10.3. The van der Waals surface area contributed by atoms with Crippen molar-refractivity contribution >= 4 is 37.6 Å². The largest absolute Gasteiger partial charge is 0.382 e. The number of anilines is 2. The molecule has 0 unspecified atom stereocenters. The van der Waals surface area contributed by atoms with Crippen molar-refractivity contribution in [3.05, 3.63) is 48.5 Å². The number of amides is 2. The van der Waals surface area contributed by atoms with Gasteiger partial charge in [-0.2, -0.15) is 16.8 Å². The molecule has 0 saturated heterocycles. The first kappa shape index (κ1) is 25.5. The normalized spacial score (nSPS) is 11.6. The maximum absolute atomic E-state index is 12.2. The second-order valence-corrected chi connectivity index (χ2v) is 10.4. The molecule has 0 saturated carbocycles. The molecule has 2 aromatic carbocycles. The van der Waals surface area contributed by atoms with Crippen LogP contribution in [0.2, 0.25) is 0 Å². The lowest BCUT2D eigenvalue weighted by Crippen LogP contribution is -2.19. The molecule has 0 aliphatic heterocycles. The molecule has 2 amide bonds. The van der Waals surface area contributed by atoms with Crippen molar-refractivity contribution in [3.8, 4) is 11.5 Å². The second-order valence-electron chi connectivity index (χ2n) is 7.03. The van der Waals surface area contributed by atoms with E-state index in [1.165, 1.54) is 36.4 Å². The highest BCUT2D eigenvalue weighted by atomic mass is 32.2. The monoisotopic (exact) mass is 484 g/mol. The van der Waals surface area contributed by atoms with Gasteiger partial charge in [0.1, 0.15) is 11.5 Å². The summed E-state index contributed by atoms with van der Waals surface area (Å²) >= 11 is 0. The van der Waals surface area contributed by atoms with Crippen LogP contribution in [0.3, 0.4) is 0 Å². The molecule has 0 aliphatic rings. The van der Waals surface area contributed by atoms with Gasteiger partial charge in [0, 0.05) is 17.4 Å². The van der Waals surface area contributed by atoms with Crippen LogP contribution in [0.1, 0.15) is 39.5 Å². The van der Waals surface area contributed by atoms with E-state index in [9.17, 15) is 21.6 Å². The van der Waals surface area contributed by atoms with Crippen LogP contribution in [0, 0.1) is 0 Å². The lowest BCUT2D eigenvalue weighted by Gasteiger charge is -2.11. The zero-order valence-electron chi connectivity index (χ0n) is 18.0. The maximum Gasteiger partial charge on any atom is 0.323 e. The van der Waals surface area contributed by atoms with Crippen LogP contribution in [-0.4, -0.2) is 34.4 Å². The van der Waals surface area contributed by atoms with E-state index in [0.717, 1.165) is 12.8 Å². The van der Waals surface area contributed by atoms with Crippen LogP contribution in [0.5, 0.6) is 11.5 Å². The summed E-state index contributed by atoms with van der Waals surface area (Å²) in [5.74, 6) is 0.112. The first-order valence-corrected chi connectivity index (χ1v) is 13.4. The van der Waals surface area contributed by atoms with Gasteiger partial charge in [0.15, 0.2) is 0 Å². The predicted octanol–water partition coefficient (Wildman–Crippen LogP) is 4.35. The summed E-state index contributed by atoms with van der Waals surface area (Å²) in [6.45, 7) is 3.77. The Balaban J connectivity index is 1.94. The maximum atomic E-state index is 12.2. The van der Waals surface area contributed by atoms with Gasteiger partial charge in [-0.05, 0) is 49.2 Å². The van der Waals surface area contributed by atoms with E-state index in [4.69, 9.17) is 8.37 Å². The molecule has 2 aromatic rings. The zero-order valence-corrected chi connectivity index (χ0v) is 19.7. The van der Waals surface area contributed by atoms with E-state index in [-0.39, 0.29) is 23.0 Å². The fraction of sp³-hybridized carbons (Fsp3) is 0.381. The van der Waals surface area contributed by atoms with Gasteiger partial charge < -0.3 is 19.0 Å². The topological polar surface area (TPSA) is 128 Å². The fourth-order valence-corrected chi connectivity index (χ4v) is 4.78. The van der Waals surface area contributed by atoms with Crippen molar-refractivity contribution in [3.63, 3.8) is 0 Å². The van der Waals surface area contributed by atoms with Gasteiger partial charge in [-0.15, -0.1) is 0 Å². The number of nitrogens with one attached hydrogen (secondary N) is 2. The number of urea groups is 1. The molecule has 2 rings (SSSR count). The van der Waals surface area contributed by atoms with Gasteiger partial charge in [-0.1, -0.05) is 32.8 Å². The van der Waals surface area contributed by atoms with Gasteiger partial charge in [-0.3, -0.25) is 0 Å². The highest BCUT2D eigenvalue weighted by Gasteiger charge is 2.14. The van der Waals surface area contributed by atoms with Crippen molar-refractivity contribution in [1.29, 1.82) is 0 Å². The lowest BCUT2D eigenvalue weighted by molar-refractivity contribution is 0.262. The van der Waals surface area contributed by atoms with Crippen LogP contribution >= 0.6 is 0 Å². The van der Waals surface area contributed by atoms with Gasteiger partial charge in [0.25, 0.3) is 0 Å². The molecular formula is C21H28N2O7S2. The summed E-state index contributed by atoms with van der Waals surface area (Å²) in [5.41, 5.74) is 0.753. The van der Waals surface area contributed by atoms with Crippen LogP contribution in [-0.2, 0) is 20.2 Å². The average molecular weight is 485 g/mol. The molecule has 0 aliphatic carbocycles. The van der Waals surface area contributed by atoms with Crippen LogP contribution in [0.15, 0.2) is 48.5 Å². The SMILES string of the molecule is CCCCS(=O)(=O)Oc1ccc(NC(=O)Nc2cccc(OS(=O)(=O)CCCC)c2)cc1. The molecule has 0 bridgehead atoms. The second kappa shape index (κ2) is 11.7. The van der Waals surface area contributed by atoms with Crippen molar-refractivity contribution in [2.24, 2.45) is 0 Å². The van der Waals surface area contributed by atoms with Gasteiger partial charge in [0.05, 0.1) is 11.5 Å². The van der Waals surface area contributed by atoms with E-state index < -0.39 is 26.3 Å². The van der Waals surface area contributed by atoms with E-state index in [1.54, 1.807) is 12.1 Å². The molecule has 0 atom stereocenters. The summed E-state index contributed by atoms with van der Waals surface area (Å²) in [4.78, 5) is 12.2. The third-order valence-corrected chi connectivity index (χ3v) is 6.62. The Bertz CT molecular complexity index is 1100. The Kier molecular flexibility index (Phi) is 9.33. The van der Waals surface area contributed by atoms with E-state index in [2.05, 4.69) is 10.6 Å². The number of rotatable bonds is 12. The summed E-state index contributed by atoms with van der Waals surface area (Å²) in [6, 6.07) is 11.4. The van der Waals surface area contributed by atoms with E-state index >= 15 is 0 Å². The van der Waals surface area contributed by atoms with E-state index in [0.29, 0.717) is 24.2 Å². The first-order chi connectivity index (χ1) is 15.1. The van der Waals surface area contributed by atoms with Crippen molar-refractivity contribution in [2.45, 2.75) is 39.5 Å². The molecule has 9 nitrogen and oxygen atoms in total. The minimum absolute atomic E-state index is 0.0609. The molecule has 0 aromatic heterocycles. The average Bonchev–Trinajstić information content (AvgIpc) is 2.72. The fourth-order valence-electron chi connectivity index (χ4n) is 2.53. The molecule has 176 valence electrons. The Morgan fingerprint density at radius 1 is 0.750 bits per heavy atom. The third kappa shape index (κ3) is 9.15. The smallest absolute Gasteiger partial charge is 0.323 e. The third-order valence-electron chi connectivity index (χ3n) is 4.15. The van der Waals surface area contributed by atoms with Crippen molar-refractivity contribution in [2.75, 3.05) is 22.1 Å². The van der Waals surface area contributed by atoms with Crippen molar-refractivity contribution < 1.29 is 30.0 Å². The number of benzene rings is 2.